The summed E-state index contributed by atoms with van der Waals surface area (Å²) in [5, 5.41) is 0. The lowest BCUT2D eigenvalue weighted by molar-refractivity contribution is -0.0790. The maximum Gasteiger partial charge on any atom is 0.253 e. The van der Waals surface area contributed by atoms with Crippen molar-refractivity contribution in [2.75, 3.05) is 40.3 Å². The minimum Gasteiger partial charge on any atom is -0.497 e. The molecule has 1 fully saturated rings. The van der Waals surface area contributed by atoms with Gasteiger partial charge in [-0.3, -0.25) is 4.79 Å². The van der Waals surface area contributed by atoms with E-state index in [1.165, 1.54) is 16.7 Å². The molecule has 0 aliphatic carbocycles. The molecule has 3 aromatic rings. The van der Waals surface area contributed by atoms with Gasteiger partial charge in [0.2, 0.25) is 0 Å². The van der Waals surface area contributed by atoms with Crippen LogP contribution in [0.25, 0.3) is 0 Å². The van der Waals surface area contributed by atoms with Crippen molar-refractivity contribution in [2.24, 2.45) is 0 Å². The Morgan fingerprint density at radius 3 is 2.42 bits per heavy atom. The Balaban J connectivity index is 1.24. The van der Waals surface area contributed by atoms with Gasteiger partial charge in [0.05, 0.1) is 19.3 Å². The molecule has 5 nitrogen and oxygen atoms in total. The number of amides is 1. The molecule has 2 heterocycles. The number of carbonyl (C=O) groups is 1. The third kappa shape index (κ3) is 5.18. The Bertz CT molecular complexity index is 1150. The van der Waals surface area contributed by atoms with E-state index in [-0.39, 0.29) is 17.4 Å². The highest BCUT2D eigenvalue weighted by molar-refractivity contribution is 5.94. The molecule has 188 valence electrons. The second-order valence-electron chi connectivity index (χ2n) is 10.1. The van der Waals surface area contributed by atoms with Gasteiger partial charge in [-0.2, -0.15) is 0 Å². The number of likely N-dealkylation sites (N-methyl/N-ethyl adjacent to an activating group) is 1. The number of hydrogen-bond acceptors (Lipinski definition) is 4. The summed E-state index contributed by atoms with van der Waals surface area (Å²) in [5.74, 6) is 1.16. The van der Waals surface area contributed by atoms with E-state index in [2.05, 4.69) is 41.3 Å². The predicted octanol–water partition coefficient (Wildman–Crippen LogP) is 5.46. The Kier molecular flexibility index (Phi) is 7.40. The van der Waals surface area contributed by atoms with Crippen LogP contribution >= 0.6 is 0 Å². The van der Waals surface area contributed by atoms with Crippen LogP contribution in [0, 0.1) is 0 Å². The van der Waals surface area contributed by atoms with Gasteiger partial charge in [-0.05, 0) is 66.8 Å². The van der Waals surface area contributed by atoms with Crippen molar-refractivity contribution in [1.29, 1.82) is 0 Å². The van der Waals surface area contributed by atoms with E-state index in [9.17, 15) is 4.79 Å². The average Bonchev–Trinajstić information content (AvgIpc) is 3.30. The molecule has 0 bridgehead atoms. The Morgan fingerprint density at radius 2 is 1.69 bits per heavy atom. The molecule has 5 rings (SSSR count). The fourth-order valence-electron chi connectivity index (χ4n) is 5.73. The quantitative estimate of drug-likeness (QED) is 0.426. The minimum absolute atomic E-state index is 0.0612. The zero-order valence-electron chi connectivity index (χ0n) is 21.4. The number of carbonyl (C=O) groups excluding carboxylic acids is 1. The van der Waals surface area contributed by atoms with Gasteiger partial charge in [-0.25, -0.2) is 0 Å². The molecule has 0 saturated carbocycles. The van der Waals surface area contributed by atoms with Crippen LogP contribution in [-0.4, -0.2) is 56.0 Å². The minimum atomic E-state index is -0.106. The van der Waals surface area contributed by atoms with Crippen molar-refractivity contribution in [3.05, 3.63) is 101 Å². The molecular weight excluding hydrogens is 448 g/mol. The number of likely N-dealkylation sites (tertiary alicyclic amines) is 1. The molecule has 2 aliphatic rings. The first-order chi connectivity index (χ1) is 17.6. The summed E-state index contributed by atoms with van der Waals surface area (Å²) in [5.41, 5.74) is 4.60. The van der Waals surface area contributed by atoms with E-state index in [0.717, 1.165) is 56.8 Å². The van der Waals surface area contributed by atoms with Crippen molar-refractivity contribution in [2.45, 2.75) is 37.4 Å². The lowest BCUT2D eigenvalue weighted by atomic mass is 9.83. The largest absolute Gasteiger partial charge is 0.497 e. The maximum atomic E-state index is 13.0. The van der Waals surface area contributed by atoms with E-state index in [1.807, 2.05) is 54.4 Å². The lowest BCUT2D eigenvalue weighted by Gasteiger charge is -2.39. The van der Waals surface area contributed by atoms with Crippen LogP contribution < -0.4 is 4.74 Å². The molecule has 1 amide bonds. The summed E-state index contributed by atoms with van der Waals surface area (Å²) in [6.07, 6.45) is 3.05. The number of ether oxygens (including phenoxy) is 2. The number of piperidine rings is 1. The highest BCUT2D eigenvalue weighted by Crippen LogP contribution is 2.44. The molecule has 0 N–H and O–H groups in total. The fourth-order valence-corrected chi connectivity index (χ4v) is 5.73. The van der Waals surface area contributed by atoms with E-state index in [0.29, 0.717) is 6.54 Å². The third-order valence-corrected chi connectivity index (χ3v) is 7.92. The Labute approximate surface area is 214 Å². The average molecular weight is 485 g/mol. The first-order valence-corrected chi connectivity index (χ1v) is 13.0. The molecular formula is C31H36N2O3. The number of nitrogens with zero attached hydrogens (tertiary/aromatic N) is 2. The molecule has 5 heteroatoms. The predicted molar refractivity (Wildman–Crippen MR) is 142 cm³/mol. The monoisotopic (exact) mass is 484 g/mol. The second kappa shape index (κ2) is 10.9. The van der Waals surface area contributed by atoms with Crippen LogP contribution in [0.2, 0.25) is 0 Å². The number of fused-ring (bicyclic) bond motifs is 2. The van der Waals surface area contributed by atoms with Crippen molar-refractivity contribution in [3.63, 3.8) is 0 Å². The third-order valence-electron chi connectivity index (χ3n) is 7.92. The lowest BCUT2D eigenvalue weighted by Crippen LogP contribution is -2.43. The molecule has 0 radical (unpaired) electrons. The van der Waals surface area contributed by atoms with Gasteiger partial charge in [0.1, 0.15) is 5.75 Å². The van der Waals surface area contributed by atoms with Crippen molar-refractivity contribution < 1.29 is 14.3 Å². The van der Waals surface area contributed by atoms with E-state index in [4.69, 9.17) is 9.47 Å². The number of hydrogen-bond donors (Lipinski definition) is 0. The summed E-state index contributed by atoms with van der Waals surface area (Å²) in [6, 6.07) is 26.5. The van der Waals surface area contributed by atoms with Gasteiger partial charge in [0.15, 0.2) is 0 Å². The normalized spacial score (nSPS) is 17.5. The van der Waals surface area contributed by atoms with Crippen LogP contribution in [-0.2, 0) is 16.9 Å². The van der Waals surface area contributed by atoms with E-state index in [1.54, 1.807) is 7.11 Å². The molecule has 0 aromatic heterocycles. The number of rotatable bonds is 8. The molecule has 1 spiro atoms. The first kappa shape index (κ1) is 24.5. The van der Waals surface area contributed by atoms with Crippen molar-refractivity contribution in [3.8, 4) is 5.75 Å². The molecule has 2 aliphatic heterocycles. The van der Waals surface area contributed by atoms with E-state index >= 15 is 0 Å². The second-order valence-corrected chi connectivity index (χ2v) is 10.1. The van der Waals surface area contributed by atoms with Crippen LogP contribution in [0.15, 0.2) is 78.9 Å². The molecule has 1 atom stereocenters. The summed E-state index contributed by atoms with van der Waals surface area (Å²) < 4.78 is 11.7. The SMILES string of the molecule is COc1ccc(C(CCN2CCC3(CC2)OCc2ccccc23)CN(C)C(=O)c2ccccc2)cc1. The van der Waals surface area contributed by atoms with Crippen LogP contribution in [0.4, 0.5) is 0 Å². The summed E-state index contributed by atoms with van der Waals surface area (Å²) in [7, 11) is 3.60. The highest BCUT2D eigenvalue weighted by Gasteiger charge is 2.42. The summed E-state index contributed by atoms with van der Waals surface area (Å²) >= 11 is 0. The van der Waals surface area contributed by atoms with Gasteiger partial charge in [-0.1, -0.05) is 54.6 Å². The summed E-state index contributed by atoms with van der Waals surface area (Å²) in [6.45, 7) is 4.47. The zero-order chi connectivity index (χ0) is 25.0. The molecule has 3 aromatic carbocycles. The van der Waals surface area contributed by atoms with Crippen LogP contribution in [0.1, 0.15) is 52.2 Å². The van der Waals surface area contributed by atoms with Gasteiger partial charge in [0, 0.05) is 38.2 Å². The topological polar surface area (TPSA) is 42.0 Å². The first-order valence-electron chi connectivity index (χ1n) is 13.0. The van der Waals surface area contributed by atoms with Crippen molar-refractivity contribution >= 4 is 5.91 Å². The smallest absolute Gasteiger partial charge is 0.253 e. The van der Waals surface area contributed by atoms with Gasteiger partial charge in [0.25, 0.3) is 5.91 Å². The Morgan fingerprint density at radius 1 is 1.00 bits per heavy atom. The van der Waals surface area contributed by atoms with Gasteiger partial charge in [-0.15, -0.1) is 0 Å². The number of benzene rings is 3. The molecule has 1 unspecified atom stereocenters. The van der Waals surface area contributed by atoms with Gasteiger partial charge < -0.3 is 19.3 Å². The van der Waals surface area contributed by atoms with E-state index < -0.39 is 0 Å². The maximum absolute atomic E-state index is 13.0. The highest BCUT2D eigenvalue weighted by atomic mass is 16.5. The number of methoxy groups -OCH3 is 1. The zero-order valence-corrected chi connectivity index (χ0v) is 21.4. The Hall–Kier alpha value is -3.15. The standard InChI is InChI=1S/C31H36N2O3/c1-32(30(34)25-8-4-3-5-9-25)22-26(24-12-14-28(35-2)15-13-24)16-19-33-20-17-31(18-21-33)29-11-7-6-10-27(29)23-36-31/h3-15,26H,16-23H2,1-2H3. The van der Waals surface area contributed by atoms with Crippen molar-refractivity contribution in [1.82, 2.24) is 9.80 Å². The van der Waals surface area contributed by atoms with Crippen LogP contribution in [0.5, 0.6) is 5.75 Å². The summed E-state index contributed by atoms with van der Waals surface area (Å²) in [4.78, 5) is 17.5. The fraction of sp³-hybridized carbons (Fsp3) is 0.387. The molecule has 1 saturated heterocycles. The van der Waals surface area contributed by atoms with Gasteiger partial charge >= 0.3 is 0 Å². The van der Waals surface area contributed by atoms with Crippen LogP contribution in [0.3, 0.4) is 0 Å². The molecule has 36 heavy (non-hydrogen) atoms.